The second kappa shape index (κ2) is 6.24. The number of anilines is 2. The van der Waals surface area contributed by atoms with Crippen LogP contribution in [-0.4, -0.2) is 26.0 Å². The van der Waals surface area contributed by atoms with Crippen molar-refractivity contribution in [3.05, 3.63) is 18.2 Å². The van der Waals surface area contributed by atoms with E-state index in [0.29, 0.717) is 22.7 Å². The first kappa shape index (κ1) is 15.5. The summed E-state index contributed by atoms with van der Waals surface area (Å²) in [5.41, 5.74) is 7.11. The van der Waals surface area contributed by atoms with Crippen molar-refractivity contribution in [3.8, 4) is 0 Å². The Balaban J connectivity index is 2.16. The van der Waals surface area contributed by atoms with E-state index in [4.69, 9.17) is 10.9 Å². The van der Waals surface area contributed by atoms with Gasteiger partial charge in [0.05, 0.1) is 16.3 Å². The lowest BCUT2D eigenvalue weighted by Gasteiger charge is -2.29. The van der Waals surface area contributed by atoms with Crippen molar-refractivity contribution in [1.82, 2.24) is 0 Å². The van der Waals surface area contributed by atoms with Crippen LogP contribution in [0.2, 0.25) is 0 Å². The lowest BCUT2D eigenvalue weighted by atomic mass is 9.94. The SMILES string of the molecule is CSC1CCCC(Nc2cc(S(N)(=O)=O)ccc2N)C1. The molecule has 1 aromatic rings. The standard InChI is InChI=1S/C13H21N3O2S2/c1-19-10-4-2-3-9(7-10)16-13-8-11(20(15,17)18)5-6-12(13)14/h5-6,8-10,16H,2-4,7,14H2,1H3,(H2,15,17,18). The third-order valence-electron chi connectivity index (χ3n) is 3.67. The number of rotatable bonds is 4. The highest BCUT2D eigenvalue weighted by Crippen LogP contribution is 2.31. The molecule has 0 saturated heterocycles. The molecular weight excluding hydrogens is 294 g/mol. The van der Waals surface area contributed by atoms with Crippen LogP contribution in [0.15, 0.2) is 23.1 Å². The van der Waals surface area contributed by atoms with Crippen LogP contribution in [-0.2, 0) is 10.0 Å². The van der Waals surface area contributed by atoms with Gasteiger partial charge < -0.3 is 11.1 Å². The van der Waals surface area contributed by atoms with Crippen molar-refractivity contribution in [3.63, 3.8) is 0 Å². The quantitative estimate of drug-likeness (QED) is 0.738. The molecule has 112 valence electrons. The molecule has 2 unspecified atom stereocenters. The zero-order chi connectivity index (χ0) is 14.8. The number of hydrogen-bond acceptors (Lipinski definition) is 5. The molecule has 0 radical (unpaired) electrons. The second-order valence-corrected chi connectivity index (χ2v) is 7.86. The maximum absolute atomic E-state index is 11.4. The number of nitrogens with one attached hydrogen (secondary N) is 1. The zero-order valence-corrected chi connectivity index (χ0v) is 13.1. The third-order valence-corrected chi connectivity index (χ3v) is 5.68. The van der Waals surface area contributed by atoms with Crippen molar-refractivity contribution >= 4 is 33.2 Å². The van der Waals surface area contributed by atoms with E-state index in [2.05, 4.69) is 11.6 Å². The summed E-state index contributed by atoms with van der Waals surface area (Å²) in [6.45, 7) is 0. The molecule has 7 heteroatoms. The summed E-state index contributed by atoms with van der Waals surface area (Å²) in [6.07, 6.45) is 6.70. The summed E-state index contributed by atoms with van der Waals surface area (Å²) < 4.78 is 22.8. The molecule has 2 atom stereocenters. The summed E-state index contributed by atoms with van der Waals surface area (Å²) in [6, 6.07) is 4.87. The van der Waals surface area contributed by atoms with E-state index >= 15 is 0 Å². The van der Waals surface area contributed by atoms with Gasteiger partial charge in [-0.2, -0.15) is 11.8 Å². The van der Waals surface area contributed by atoms with Gasteiger partial charge >= 0.3 is 0 Å². The molecule has 0 amide bonds. The summed E-state index contributed by atoms with van der Waals surface area (Å²) in [7, 11) is -3.70. The second-order valence-electron chi connectivity index (χ2n) is 5.16. The highest BCUT2D eigenvalue weighted by Gasteiger charge is 2.22. The molecule has 0 spiro atoms. The van der Waals surface area contributed by atoms with Gasteiger partial charge in [0.1, 0.15) is 0 Å². The highest BCUT2D eigenvalue weighted by molar-refractivity contribution is 7.99. The van der Waals surface area contributed by atoms with E-state index in [1.165, 1.54) is 25.0 Å². The molecule has 1 saturated carbocycles. The van der Waals surface area contributed by atoms with Gasteiger partial charge in [0, 0.05) is 11.3 Å². The molecule has 0 bridgehead atoms. The smallest absolute Gasteiger partial charge is 0.238 e. The number of benzene rings is 1. The minimum Gasteiger partial charge on any atom is -0.397 e. The highest BCUT2D eigenvalue weighted by atomic mass is 32.2. The molecule has 0 heterocycles. The number of nitrogen functional groups attached to an aromatic ring is 1. The molecule has 20 heavy (non-hydrogen) atoms. The molecular formula is C13H21N3O2S2. The Hall–Kier alpha value is -0.920. The maximum Gasteiger partial charge on any atom is 0.238 e. The van der Waals surface area contributed by atoms with E-state index in [-0.39, 0.29) is 4.90 Å². The zero-order valence-electron chi connectivity index (χ0n) is 11.5. The number of primary sulfonamides is 1. The minimum atomic E-state index is -3.70. The van der Waals surface area contributed by atoms with Gasteiger partial charge in [-0.05, 0) is 43.7 Å². The van der Waals surface area contributed by atoms with Crippen molar-refractivity contribution in [2.75, 3.05) is 17.3 Å². The number of thioether (sulfide) groups is 1. The first-order valence-corrected chi connectivity index (χ1v) is 9.45. The average molecular weight is 315 g/mol. The van der Waals surface area contributed by atoms with Crippen LogP contribution in [0.3, 0.4) is 0 Å². The van der Waals surface area contributed by atoms with Crippen LogP contribution >= 0.6 is 11.8 Å². The van der Waals surface area contributed by atoms with Gasteiger partial charge in [0.25, 0.3) is 0 Å². The summed E-state index contributed by atoms with van der Waals surface area (Å²) >= 11 is 1.88. The van der Waals surface area contributed by atoms with Gasteiger partial charge in [-0.1, -0.05) is 6.42 Å². The molecule has 5 N–H and O–H groups in total. The first-order chi connectivity index (χ1) is 9.40. The monoisotopic (exact) mass is 315 g/mol. The predicted octanol–water partition coefficient (Wildman–Crippen LogP) is 2.00. The van der Waals surface area contributed by atoms with Gasteiger partial charge in [-0.15, -0.1) is 0 Å². The predicted molar refractivity (Wildman–Crippen MR) is 85.4 cm³/mol. The minimum absolute atomic E-state index is 0.0893. The van der Waals surface area contributed by atoms with Crippen molar-refractivity contribution in [2.24, 2.45) is 5.14 Å². The van der Waals surface area contributed by atoms with Crippen LogP contribution in [0.4, 0.5) is 11.4 Å². The van der Waals surface area contributed by atoms with E-state index in [1.807, 2.05) is 11.8 Å². The molecule has 5 nitrogen and oxygen atoms in total. The van der Waals surface area contributed by atoms with Crippen LogP contribution in [0.1, 0.15) is 25.7 Å². The number of hydrogen-bond donors (Lipinski definition) is 3. The van der Waals surface area contributed by atoms with Crippen LogP contribution in [0, 0.1) is 0 Å². The average Bonchev–Trinajstić information content (AvgIpc) is 2.40. The Morgan fingerprint density at radius 3 is 2.75 bits per heavy atom. The lowest BCUT2D eigenvalue weighted by molar-refractivity contribution is 0.474. The van der Waals surface area contributed by atoms with Crippen molar-refractivity contribution < 1.29 is 8.42 Å². The Bertz CT molecular complexity index is 575. The molecule has 1 aromatic carbocycles. The molecule has 2 rings (SSSR count). The topological polar surface area (TPSA) is 98.2 Å². The molecule has 1 fully saturated rings. The van der Waals surface area contributed by atoms with Gasteiger partial charge in [-0.25, -0.2) is 13.6 Å². The Morgan fingerprint density at radius 2 is 2.10 bits per heavy atom. The molecule has 1 aliphatic carbocycles. The van der Waals surface area contributed by atoms with Gasteiger partial charge in [0.2, 0.25) is 10.0 Å². The Kier molecular flexibility index (Phi) is 4.82. The van der Waals surface area contributed by atoms with Crippen molar-refractivity contribution in [1.29, 1.82) is 0 Å². The van der Waals surface area contributed by atoms with E-state index in [9.17, 15) is 8.42 Å². The summed E-state index contributed by atoms with van der Waals surface area (Å²) in [5.74, 6) is 0. The fraction of sp³-hybridized carbons (Fsp3) is 0.538. The van der Waals surface area contributed by atoms with Crippen molar-refractivity contribution in [2.45, 2.75) is 41.9 Å². The number of sulfonamides is 1. The fourth-order valence-corrected chi connectivity index (χ4v) is 3.91. The van der Waals surface area contributed by atoms with E-state index in [0.717, 1.165) is 12.8 Å². The Labute approximate surface area is 124 Å². The van der Waals surface area contributed by atoms with Gasteiger partial charge in [-0.3, -0.25) is 0 Å². The van der Waals surface area contributed by atoms with Crippen LogP contribution < -0.4 is 16.2 Å². The molecule has 0 aliphatic heterocycles. The Morgan fingerprint density at radius 1 is 1.35 bits per heavy atom. The van der Waals surface area contributed by atoms with Gasteiger partial charge in [0.15, 0.2) is 0 Å². The summed E-state index contributed by atoms with van der Waals surface area (Å²) in [5, 5.41) is 9.18. The van der Waals surface area contributed by atoms with Crippen LogP contribution in [0.25, 0.3) is 0 Å². The first-order valence-electron chi connectivity index (χ1n) is 6.62. The normalized spacial score (nSPS) is 23.5. The van der Waals surface area contributed by atoms with E-state index < -0.39 is 10.0 Å². The van der Waals surface area contributed by atoms with E-state index in [1.54, 1.807) is 6.07 Å². The van der Waals surface area contributed by atoms with Crippen LogP contribution in [0.5, 0.6) is 0 Å². The number of nitrogens with two attached hydrogens (primary N) is 2. The fourth-order valence-electron chi connectivity index (χ4n) is 2.55. The molecule has 0 aromatic heterocycles. The molecule has 1 aliphatic rings. The lowest BCUT2D eigenvalue weighted by Crippen LogP contribution is -2.29. The largest absolute Gasteiger partial charge is 0.397 e. The summed E-state index contributed by atoms with van der Waals surface area (Å²) in [4.78, 5) is 0.0893. The third kappa shape index (κ3) is 3.80. The maximum atomic E-state index is 11.4.